The Kier molecular flexibility index (Phi) is 8.65. The van der Waals surface area contributed by atoms with E-state index < -0.39 is 10.0 Å². The highest BCUT2D eigenvalue weighted by atomic mass is 32.2. The number of hydrogen-bond donors (Lipinski definition) is 1. The molecule has 0 radical (unpaired) electrons. The number of hydrogen-bond acceptors (Lipinski definition) is 4. The van der Waals surface area contributed by atoms with Gasteiger partial charge in [-0.1, -0.05) is 32.0 Å². The summed E-state index contributed by atoms with van der Waals surface area (Å²) in [5, 5.41) is 3.04. The van der Waals surface area contributed by atoms with Crippen molar-refractivity contribution in [1.82, 2.24) is 9.62 Å². The molecule has 2 rings (SSSR count). The first-order chi connectivity index (χ1) is 14.6. The second kappa shape index (κ2) is 10.8. The van der Waals surface area contributed by atoms with Crippen LogP contribution in [0.2, 0.25) is 0 Å². The molecule has 0 aliphatic carbocycles. The molecule has 170 valence electrons. The summed E-state index contributed by atoms with van der Waals surface area (Å²) in [7, 11) is -0.332. The Bertz CT molecular complexity index is 988. The Balaban J connectivity index is 1.95. The fourth-order valence-corrected chi connectivity index (χ4v) is 4.79. The predicted molar refractivity (Wildman–Crippen MR) is 124 cm³/mol. The van der Waals surface area contributed by atoms with Gasteiger partial charge in [0.25, 0.3) is 0 Å². The van der Waals surface area contributed by atoms with Gasteiger partial charge in [-0.15, -0.1) is 0 Å². The number of rotatable bonds is 10. The molecule has 2 aromatic rings. The van der Waals surface area contributed by atoms with Gasteiger partial charge in [-0.05, 0) is 67.1 Å². The molecular formula is C24H34N2O4S. The largest absolute Gasteiger partial charge is 0.496 e. The number of methoxy groups -OCH3 is 1. The van der Waals surface area contributed by atoms with Gasteiger partial charge in [0, 0.05) is 20.0 Å². The van der Waals surface area contributed by atoms with Crippen LogP contribution in [0.5, 0.6) is 5.75 Å². The molecule has 0 bridgehead atoms. The molecule has 0 fully saturated rings. The molecular weight excluding hydrogens is 412 g/mol. The molecule has 6 nitrogen and oxygen atoms in total. The SMILES string of the molecule is COc1cc(C)c([C@H](C)NC(=O)CCCN(C)S(=O)(=O)c2ccccc2)cc1C(C)C. The van der Waals surface area contributed by atoms with Gasteiger partial charge in [-0.25, -0.2) is 12.7 Å². The first-order valence-corrected chi connectivity index (χ1v) is 12.0. The zero-order valence-electron chi connectivity index (χ0n) is 19.3. The Labute approximate surface area is 186 Å². The van der Waals surface area contributed by atoms with E-state index in [0.29, 0.717) is 12.3 Å². The molecule has 0 aliphatic rings. The average Bonchev–Trinajstić information content (AvgIpc) is 2.73. The van der Waals surface area contributed by atoms with Gasteiger partial charge >= 0.3 is 0 Å². The quantitative estimate of drug-likeness (QED) is 0.587. The molecule has 7 heteroatoms. The molecule has 1 N–H and O–H groups in total. The maximum atomic E-state index is 12.6. The van der Waals surface area contributed by atoms with Crippen LogP contribution in [0.1, 0.15) is 62.3 Å². The standard InChI is InChI=1S/C24H34N2O4S/c1-17(2)21-16-22(18(3)15-23(21)30-6)19(4)25-24(27)13-10-14-26(5)31(28,29)20-11-8-7-9-12-20/h7-9,11-12,15-17,19H,10,13-14H2,1-6H3,(H,25,27)/t19-/m0/s1. The summed E-state index contributed by atoms with van der Waals surface area (Å²) in [6.45, 7) is 8.47. The molecule has 0 spiro atoms. The molecule has 2 aromatic carbocycles. The van der Waals surface area contributed by atoms with E-state index in [1.165, 1.54) is 11.4 Å². The van der Waals surface area contributed by atoms with E-state index in [1.807, 2.05) is 19.9 Å². The van der Waals surface area contributed by atoms with Crippen molar-refractivity contribution in [3.8, 4) is 5.75 Å². The monoisotopic (exact) mass is 446 g/mol. The Morgan fingerprint density at radius 1 is 1.10 bits per heavy atom. The number of carbonyl (C=O) groups excluding carboxylic acids is 1. The molecule has 1 amide bonds. The van der Waals surface area contributed by atoms with Crippen LogP contribution in [0.4, 0.5) is 0 Å². The summed E-state index contributed by atoms with van der Waals surface area (Å²) in [5.41, 5.74) is 3.22. The van der Waals surface area contributed by atoms with Crippen LogP contribution in [0.25, 0.3) is 0 Å². The molecule has 0 aliphatic heterocycles. The zero-order chi connectivity index (χ0) is 23.2. The molecule has 0 saturated heterocycles. The number of nitrogens with zero attached hydrogens (tertiary/aromatic N) is 1. The minimum Gasteiger partial charge on any atom is -0.496 e. The summed E-state index contributed by atoms with van der Waals surface area (Å²) >= 11 is 0. The molecule has 1 atom stereocenters. The number of nitrogens with one attached hydrogen (secondary N) is 1. The second-order valence-corrected chi connectivity index (χ2v) is 10.2. The summed E-state index contributed by atoms with van der Waals surface area (Å²) < 4.78 is 31.9. The van der Waals surface area contributed by atoms with Crippen molar-refractivity contribution in [3.63, 3.8) is 0 Å². The van der Waals surface area contributed by atoms with E-state index in [-0.39, 0.29) is 29.8 Å². The summed E-state index contributed by atoms with van der Waals surface area (Å²) in [5.74, 6) is 1.07. The third kappa shape index (κ3) is 6.31. The van der Waals surface area contributed by atoms with Crippen LogP contribution in [0.3, 0.4) is 0 Å². The van der Waals surface area contributed by atoms with E-state index in [4.69, 9.17) is 4.74 Å². The highest BCUT2D eigenvalue weighted by molar-refractivity contribution is 7.89. The summed E-state index contributed by atoms with van der Waals surface area (Å²) in [4.78, 5) is 12.7. The van der Waals surface area contributed by atoms with Gasteiger partial charge in [0.1, 0.15) is 5.75 Å². The van der Waals surface area contributed by atoms with Crippen LogP contribution in [-0.4, -0.2) is 39.3 Å². The maximum Gasteiger partial charge on any atom is 0.242 e. The van der Waals surface area contributed by atoms with Crippen molar-refractivity contribution in [2.24, 2.45) is 0 Å². The van der Waals surface area contributed by atoms with Crippen molar-refractivity contribution in [2.45, 2.75) is 57.4 Å². The molecule has 0 unspecified atom stereocenters. The fraction of sp³-hybridized carbons (Fsp3) is 0.458. The Morgan fingerprint density at radius 3 is 2.32 bits per heavy atom. The fourth-order valence-electron chi connectivity index (χ4n) is 3.56. The minimum absolute atomic E-state index is 0.0978. The van der Waals surface area contributed by atoms with Crippen LogP contribution in [-0.2, 0) is 14.8 Å². The Morgan fingerprint density at radius 2 is 1.74 bits per heavy atom. The number of sulfonamides is 1. The lowest BCUT2D eigenvalue weighted by Gasteiger charge is -2.21. The molecule has 0 aromatic heterocycles. The van der Waals surface area contributed by atoms with E-state index in [1.54, 1.807) is 37.4 Å². The molecule has 31 heavy (non-hydrogen) atoms. The predicted octanol–water partition coefficient (Wildman–Crippen LogP) is 4.41. The van der Waals surface area contributed by atoms with Crippen molar-refractivity contribution in [2.75, 3.05) is 20.7 Å². The number of amides is 1. The first-order valence-electron chi connectivity index (χ1n) is 10.6. The van der Waals surface area contributed by atoms with E-state index in [9.17, 15) is 13.2 Å². The van der Waals surface area contributed by atoms with Crippen LogP contribution in [0.15, 0.2) is 47.4 Å². The molecule has 0 heterocycles. The van der Waals surface area contributed by atoms with Crippen molar-refractivity contribution in [1.29, 1.82) is 0 Å². The number of carbonyl (C=O) groups is 1. The summed E-state index contributed by atoms with van der Waals surface area (Å²) in [6.07, 6.45) is 0.700. The normalized spacial score (nSPS) is 12.8. The highest BCUT2D eigenvalue weighted by Gasteiger charge is 2.21. The summed E-state index contributed by atoms with van der Waals surface area (Å²) in [6, 6.07) is 12.3. The minimum atomic E-state index is -3.54. The Hall–Kier alpha value is -2.38. The van der Waals surface area contributed by atoms with Crippen molar-refractivity contribution < 1.29 is 17.9 Å². The first kappa shape index (κ1) is 24.9. The van der Waals surface area contributed by atoms with E-state index in [0.717, 1.165) is 22.4 Å². The smallest absolute Gasteiger partial charge is 0.242 e. The van der Waals surface area contributed by atoms with Crippen LogP contribution in [0, 0.1) is 6.92 Å². The number of ether oxygens (including phenoxy) is 1. The highest BCUT2D eigenvalue weighted by Crippen LogP contribution is 2.32. The van der Waals surface area contributed by atoms with E-state index in [2.05, 4.69) is 25.2 Å². The van der Waals surface area contributed by atoms with Crippen molar-refractivity contribution >= 4 is 15.9 Å². The van der Waals surface area contributed by atoms with Gasteiger partial charge < -0.3 is 10.1 Å². The third-order valence-electron chi connectivity index (χ3n) is 5.41. The van der Waals surface area contributed by atoms with Gasteiger partial charge in [0.15, 0.2) is 0 Å². The number of aryl methyl sites for hydroxylation is 1. The zero-order valence-corrected chi connectivity index (χ0v) is 20.1. The van der Waals surface area contributed by atoms with Crippen LogP contribution < -0.4 is 10.1 Å². The lowest BCUT2D eigenvalue weighted by Crippen LogP contribution is -2.30. The van der Waals surface area contributed by atoms with Gasteiger partial charge in [-0.2, -0.15) is 0 Å². The second-order valence-electron chi connectivity index (χ2n) is 8.14. The van der Waals surface area contributed by atoms with Gasteiger partial charge in [-0.3, -0.25) is 4.79 Å². The van der Waals surface area contributed by atoms with Crippen LogP contribution >= 0.6 is 0 Å². The lowest BCUT2D eigenvalue weighted by molar-refractivity contribution is -0.121. The maximum absolute atomic E-state index is 12.6. The topological polar surface area (TPSA) is 75.7 Å². The third-order valence-corrected chi connectivity index (χ3v) is 7.28. The lowest BCUT2D eigenvalue weighted by atomic mass is 9.93. The van der Waals surface area contributed by atoms with Crippen molar-refractivity contribution in [3.05, 3.63) is 59.2 Å². The van der Waals surface area contributed by atoms with Gasteiger partial charge in [0.05, 0.1) is 18.0 Å². The van der Waals surface area contributed by atoms with E-state index >= 15 is 0 Å². The molecule has 0 saturated carbocycles. The van der Waals surface area contributed by atoms with Gasteiger partial charge in [0.2, 0.25) is 15.9 Å². The number of benzene rings is 2. The average molecular weight is 447 g/mol.